The normalized spacial score (nSPS) is 17.6. The van der Waals surface area contributed by atoms with E-state index in [1.54, 1.807) is 12.1 Å². The fourth-order valence-corrected chi connectivity index (χ4v) is 4.13. The highest BCUT2D eigenvalue weighted by Crippen LogP contribution is 2.27. The van der Waals surface area contributed by atoms with Gasteiger partial charge in [-0.15, -0.1) is 0 Å². The zero-order valence-electron chi connectivity index (χ0n) is 15.9. The number of para-hydroxylation sites is 1. The Morgan fingerprint density at radius 1 is 1.20 bits per heavy atom. The molecule has 138 valence electrons. The molecule has 2 rings (SSSR count). The summed E-state index contributed by atoms with van der Waals surface area (Å²) in [5.74, 6) is -0.421. The van der Waals surface area contributed by atoms with Gasteiger partial charge in [0.15, 0.2) is 6.04 Å². The third-order valence-electron chi connectivity index (χ3n) is 5.61. The van der Waals surface area contributed by atoms with Crippen LogP contribution in [0.5, 0.6) is 0 Å². The van der Waals surface area contributed by atoms with Crippen molar-refractivity contribution >= 4 is 17.6 Å². The molecular weight excluding hydrogens is 316 g/mol. The number of ether oxygens (including phenoxy) is 1. The number of carbonyl (C=O) groups is 2. The van der Waals surface area contributed by atoms with E-state index in [0.29, 0.717) is 11.3 Å². The molecule has 0 saturated carbocycles. The van der Waals surface area contributed by atoms with E-state index in [1.807, 2.05) is 13.0 Å². The minimum atomic E-state index is -0.426. The number of hydrogen-bond donors (Lipinski definition) is 1. The van der Waals surface area contributed by atoms with Crippen LogP contribution in [0.15, 0.2) is 18.2 Å². The smallest absolute Gasteiger partial charge is 0.339 e. The highest BCUT2D eigenvalue weighted by molar-refractivity contribution is 6.03. The number of quaternary nitrogens is 1. The lowest BCUT2D eigenvalue weighted by Gasteiger charge is -2.45. The maximum Gasteiger partial charge on any atom is 0.339 e. The van der Waals surface area contributed by atoms with Gasteiger partial charge in [-0.3, -0.25) is 4.79 Å². The third-order valence-corrected chi connectivity index (χ3v) is 5.61. The SMILES string of the molecule is CCC(C(=O)Nc1c(C)cccc1C(=O)OC)[N+]1(CC)CCCCC1. The summed E-state index contributed by atoms with van der Waals surface area (Å²) in [5, 5.41) is 3.05. The summed E-state index contributed by atoms with van der Waals surface area (Å²) >= 11 is 0. The van der Waals surface area contributed by atoms with Crippen LogP contribution in [0.25, 0.3) is 0 Å². The first-order valence-corrected chi connectivity index (χ1v) is 9.33. The monoisotopic (exact) mass is 347 g/mol. The Balaban J connectivity index is 2.30. The maximum absolute atomic E-state index is 13.1. The van der Waals surface area contributed by atoms with Crippen LogP contribution in [0.2, 0.25) is 0 Å². The second-order valence-electron chi connectivity index (χ2n) is 6.94. The fourth-order valence-electron chi connectivity index (χ4n) is 4.13. The first-order valence-electron chi connectivity index (χ1n) is 9.33. The van der Waals surface area contributed by atoms with Gasteiger partial charge in [-0.05, 0) is 44.7 Å². The number of likely N-dealkylation sites (N-methyl/N-ethyl adjacent to an activating group) is 1. The average molecular weight is 347 g/mol. The number of benzene rings is 1. The summed E-state index contributed by atoms with van der Waals surface area (Å²) in [6.07, 6.45) is 4.40. The van der Waals surface area contributed by atoms with Crippen LogP contribution in [0.3, 0.4) is 0 Å². The Hall–Kier alpha value is -1.88. The number of methoxy groups -OCH3 is 1. The topological polar surface area (TPSA) is 55.4 Å². The molecule has 1 unspecified atom stereocenters. The van der Waals surface area contributed by atoms with Crippen LogP contribution in [0.1, 0.15) is 55.5 Å². The number of rotatable bonds is 6. The largest absolute Gasteiger partial charge is 0.465 e. The molecule has 1 aromatic carbocycles. The Bertz CT molecular complexity index is 621. The van der Waals surface area contributed by atoms with Crippen molar-refractivity contribution in [2.75, 3.05) is 32.1 Å². The molecule has 1 heterocycles. The predicted octanol–water partition coefficient (Wildman–Crippen LogP) is 3.52. The molecule has 25 heavy (non-hydrogen) atoms. The van der Waals surface area contributed by atoms with E-state index in [2.05, 4.69) is 19.2 Å². The lowest BCUT2D eigenvalue weighted by atomic mass is 10.00. The van der Waals surface area contributed by atoms with Gasteiger partial charge < -0.3 is 14.5 Å². The van der Waals surface area contributed by atoms with Gasteiger partial charge in [-0.1, -0.05) is 19.1 Å². The molecule has 1 fully saturated rings. The Morgan fingerprint density at radius 3 is 2.44 bits per heavy atom. The van der Waals surface area contributed by atoms with Gasteiger partial charge in [-0.2, -0.15) is 0 Å². The number of nitrogens with zero attached hydrogens (tertiary/aromatic N) is 1. The highest BCUT2D eigenvalue weighted by atomic mass is 16.5. The zero-order valence-corrected chi connectivity index (χ0v) is 15.9. The maximum atomic E-state index is 13.1. The predicted molar refractivity (Wildman–Crippen MR) is 99.6 cm³/mol. The van der Waals surface area contributed by atoms with Crippen LogP contribution < -0.4 is 5.32 Å². The lowest BCUT2D eigenvalue weighted by molar-refractivity contribution is -0.945. The van der Waals surface area contributed by atoms with Gasteiger partial charge >= 0.3 is 5.97 Å². The minimum Gasteiger partial charge on any atom is -0.465 e. The number of nitrogens with one attached hydrogen (secondary N) is 1. The summed E-state index contributed by atoms with van der Waals surface area (Å²) < 4.78 is 5.71. The van der Waals surface area contributed by atoms with Gasteiger partial charge in [0.1, 0.15) is 0 Å². The Morgan fingerprint density at radius 2 is 1.88 bits per heavy atom. The molecule has 1 N–H and O–H groups in total. The molecule has 1 amide bonds. The summed E-state index contributed by atoms with van der Waals surface area (Å²) in [6.45, 7) is 9.22. The molecular formula is C20H31N2O3+. The molecule has 0 radical (unpaired) electrons. The van der Waals surface area contributed by atoms with E-state index < -0.39 is 5.97 Å². The van der Waals surface area contributed by atoms with Gasteiger partial charge in [-0.25, -0.2) is 4.79 Å². The summed E-state index contributed by atoms with van der Waals surface area (Å²) in [6, 6.07) is 5.31. The second kappa shape index (κ2) is 8.48. The summed E-state index contributed by atoms with van der Waals surface area (Å²) in [4.78, 5) is 25.2. The molecule has 0 aromatic heterocycles. The van der Waals surface area contributed by atoms with Gasteiger partial charge in [0.25, 0.3) is 5.91 Å². The standard InChI is InChI=1S/C20H30N2O3/c1-5-17(22(6-2)13-8-7-9-14-22)19(23)21-18-15(3)11-10-12-16(18)20(24)25-4/h10-12,17H,5-9,13-14H2,1-4H3/p+1. The number of piperidine rings is 1. The van der Waals surface area contributed by atoms with Gasteiger partial charge in [0.2, 0.25) is 0 Å². The molecule has 1 aromatic rings. The van der Waals surface area contributed by atoms with Crippen molar-refractivity contribution in [3.05, 3.63) is 29.3 Å². The van der Waals surface area contributed by atoms with E-state index in [4.69, 9.17) is 4.74 Å². The third kappa shape index (κ3) is 4.03. The van der Waals surface area contributed by atoms with Crippen LogP contribution >= 0.6 is 0 Å². The van der Waals surface area contributed by atoms with E-state index in [9.17, 15) is 9.59 Å². The number of carbonyl (C=O) groups excluding carboxylic acids is 2. The Labute approximate surface area is 150 Å². The van der Waals surface area contributed by atoms with Crippen LogP contribution in [-0.4, -0.2) is 49.1 Å². The number of hydrogen-bond acceptors (Lipinski definition) is 3. The van der Waals surface area contributed by atoms with Crippen molar-refractivity contribution in [3.8, 4) is 0 Å². The van der Waals surface area contributed by atoms with Gasteiger partial charge in [0.05, 0.1) is 38.0 Å². The molecule has 5 nitrogen and oxygen atoms in total. The second-order valence-corrected chi connectivity index (χ2v) is 6.94. The first kappa shape index (κ1) is 19.4. The van der Waals surface area contributed by atoms with E-state index in [0.717, 1.165) is 36.1 Å². The molecule has 0 bridgehead atoms. The molecule has 1 saturated heterocycles. The number of anilines is 1. The number of amides is 1. The van der Waals surface area contributed by atoms with Crippen LogP contribution in [0.4, 0.5) is 5.69 Å². The average Bonchev–Trinajstić information content (AvgIpc) is 2.64. The van der Waals surface area contributed by atoms with Crippen molar-refractivity contribution in [2.24, 2.45) is 0 Å². The number of esters is 1. The summed E-state index contributed by atoms with van der Waals surface area (Å²) in [7, 11) is 1.36. The molecule has 1 aliphatic heterocycles. The fraction of sp³-hybridized carbons (Fsp3) is 0.600. The van der Waals surface area contributed by atoms with E-state index in [1.165, 1.54) is 26.4 Å². The number of likely N-dealkylation sites (tertiary alicyclic amines) is 1. The van der Waals surface area contributed by atoms with Crippen molar-refractivity contribution in [1.29, 1.82) is 0 Å². The van der Waals surface area contributed by atoms with Crippen molar-refractivity contribution in [3.63, 3.8) is 0 Å². The molecule has 0 aliphatic carbocycles. The Kier molecular flexibility index (Phi) is 6.59. The quantitative estimate of drug-likeness (QED) is 0.633. The molecule has 1 aliphatic rings. The number of aryl methyl sites for hydroxylation is 1. The van der Waals surface area contributed by atoms with E-state index in [-0.39, 0.29) is 11.9 Å². The minimum absolute atomic E-state index is 0.00528. The van der Waals surface area contributed by atoms with Crippen LogP contribution in [-0.2, 0) is 9.53 Å². The van der Waals surface area contributed by atoms with Gasteiger partial charge in [0, 0.05) is 6.42 Å². The van der Waals surface area contributed by atoms with Crippen molar-refractivity contribution in [1.82, 2.24) is 0 Å². The molecule has 0 spiro atoms. The summed E-state index contributed by atoms with van der Waals surface area (Å²) in [5.41, 5.74) is 1.85. The lowest BCUT2D eigenvalue weighted by Crippen LogP contribution is -2.61. The van der Waals surface area contributed by atoms with Crippen molar-refractivity contribution < 1.29 is 18.8 Å². The highest BCUT2D eigenvalue weighted by Gasteiger charge is 2.40. The van der Waals surface area contributed by atoms with Crippen LogP contribution in [0, 0.1) is 6.92 Å². The molecule has 5 heteroatoms. The van der Waals surface area contributed by atoms with Crippen molar-refractivity contribution in [2.45, 2.75) is 52.5 Å². The molecule has 1 atom stereocenters. The first-order chi connectivity index (χ1) is 12.0. The zero-order chi connectivity index (χ0) is 18.4. The van der Waals surface area contributed by atoms with E-state index >= 15 is 0 Å².